The third-order valence-corrected chi connectivity index (χ3v) is 2.76. The predicted molar refractivity (Wildman–Crippen MR) is 71.3 cm³/mol. The smallest absolute Gasteiger partial charge is 0.416 e. The maximum Gasteiger partial charge on any atom is 0.416 e. The van der Waals surface area contributed by atoms with Gasteiger partial charge in [-0.3, -0.25) is 0 Å². The minimum absolute atomic E-state index is 0.0247. The van der Waals surface area contributed by atoms with Gasteiger partial charge in [-0.1, -0.05) is 13.3 Å². The van der Waals surface area contributed by atoms with Crippen molar-refractivity contribution in [3.05, 3.63) is 41.0 Å². The van der Waals surface area contributed by atoms with Crippen molar-refractivity contribution in [1.29, 1.82) is 0 Å². The van der Waals surface area contributed by atoms with E-state index in [2.05, 4.69) is 0 Å². The van der Waals surface area contributed by atoms with Gasteiger partial charge in [0.2, 0.25) is 0 Å². The molecular formula is C15H14F6O2. The zero-order chi connectivity index (χ0) is 17.7. The largest absolute Gasteiger partial charge is 0.463 e. The summed E-state index contributed by atoms with van der Waals surface area (Å²) in [4.78, 5) is 11.3. The topological polar surface area (TPSA) is 26.3 Å². The fourth-order valence-electron chi connectivity index (χ4n) is 1.60. The number of benzene rings is 1. The van der Waals surface area contributed by atoms with E-state index >= 15 is 0 Å². The van der Waals surface area contributed by atoms with Gasteiger partial charge in [-0.2, -0.15) is 26.3 Å². The van der Waals surface area contributed by atoms with Crippen molar-refractivity contribution < 1.29 is 35.9 Å². The molecular weight excluding hydrogens is 326 g/mol. The second kappa shape index (κ2) is 7.52. The van der Waals surface area contributed by atoms with E-state index in [1.807, 2.05) is 6.92 Å². The van der Waals surface area contributed by atoms with Gasteiger partial charge < -0.3 is 4.74 Å². The number of carbonyl (C=O) groups excluding carboxylic acids is 1. The van der Waals surface area contributed by atoms with Crippen LogP contribution in [0.25, 0.3) is 6.08 Å². The number of alkyl halides is 6. The molecule has 0 amide bonds. The molecule has 0 spiro atoms. The van der Waals surface area contributed by atoms with Gasteiger partial charge in [-0.25, -0.2) is 4.79 Å². The van der Waals surface area contributed by atoms with Crippen molar-refractivity contribution in [2.75, 3.05) is 6.61 Å². The van der Waals surface area contributed by atoms with E-state index < -0.39 is 29.4 Å². The summed E-state index contributed by atoms with van der Waals surface area (Å²) in [5.74, 6) is -0.829. The maximum absolute atomic E-state index is 12.7. The first-order valence-electron chi connectivity index (χ1n) is 6.68. The highest BCUT2D eigenvalue weighted by Gasteiger charge is 2.36. The Bertz CT molecular complexity index is 540. The number of hydrogen-bond donors (Lipinski definition) is 0. The van der Waals surface area contributed by atoms with E-state index in [1.54, 1.807) is 0 Å². The highest BCUT2D eigenvalue weighted by atomic mass is 19.4. The number of esters is 1. The lowest BCUT2D eigenvalue weighted by Crippen LogP contribution is -2.11. The van der Waals surface area contributed by atoms with Gasteiger partial charge in [-0.05, 0) is 36.3 Å². The first kappa shape index (κ1) is 19.1. The van der Waals surface area contributed by atoms with Gasteiger partial charge >= 0.3 is 18.3 Å². The number of unbranched alkanes of at least 4 members (excludes halogenated alkanes) is 1. The summed E-state index contributed by atoms with van der Waals surface area (Å²) in [5.41, 5.74) is -3.27. The van der Waals surface area contributed by atoms with Crippen LogP contribution in [0, 0.1) is 0 Å². The van der Waals surface area contributed by atoms with Crippen molar-refractivity contribution in [2.24, 2.45) is 0 Å². The molecule has 0 saturated carbocycles. The number of halogens is 6. The van der Waals surface area contributed by atoms with Crippen LogP contribution in [0.4, 0.5) is 26.3 Å². The van der Waals surface area contributed by atoms with Gasteiger partial charge in [0.15, 0.2) is 0 Å². The monoisotopic (exact) mass is 340 g/mol. The molecule has 2 nitrogen and oxygen atoms in total. The fourth-order valence-corrected chi connectivity index (χ4v) is 1.60. The van der Waals surface area contributed by atoms with Crippen LogP contribution in [0.3, 0.4) is 0 Å². The van der Waals surface area contributed by atoms with E-state index in [1.165, 1.54) is 0 Å². The lowest BCUT2D eigenvalue weighted by atomic mass is 10.0. The zero-order valence-corrected chi connectivity index (χ0v) is 12.1. The van der Waals surface area contributed by atoms with E-state index in [4.69, 9.17) is 4.74 Å². The molecule has 0 aliphatic heterocycles. The van der Waals surface area contributed by atoms with Crippen molar-refractivity contribution in [2.45, 2.75) is 32.1 Å². The average molecular weight is 340 g/mol. The molecule has 0 atom stereocenters. The molecule has 0 aliphatic carbocycles. The average Bonchev–Trinajstić information content (AvgIpc) is 2.43. The normalized spacial score (nSPS) is 12.7. The third-order valence-electron chi connectivity index (χ3n) is 2.76. The summed E-state index contributed by atoms with van der Waals surface area (Å²) in [7, 11) is 0. The van der Waals surface area contributed by atoms with Crippen LogP contribution in [0.1, 0.15) is 36.5 Å². The minimum Gasteiger partial charge on any atom is -0.463 e. The molecule has 1 aromatic carbocycles. The first-order chi connectivity index (χ1) is 10.5. The van der Waals surface area contributed by atoms with E-state index in [0.29, 0.717) is 18.6 Å². The van der Waals surface area contributed by atoms with Crippen LogP contribution in [-0.4, -0.2) is 12.6 Å². The summed E-state index contributed by atoms with van der Waals surface area (Å²) in [6.07, 6.45) is -6.80. The molecule has 0 bridgehead atoms. The molecule has 1 aromatic rings. The Balaban J connectivity index is 3.04. The Kier molecular flexibility index (Phi) is 6.23. The molecule has 23 heavy (non-hydrogen) atoms. The number of carbonyl (C=O) groups is 1. The fraction of sp³-hybridized carbons (Fsp3) is 0.400. The Morgan fingerprint density at radius 2 is 1.57 bits per heavy atom. The second-order valence-corrected chi connectivity index (χ2v) is 4.69. The quantitative estimate of drug-likeness (QED) is 0.323. The molecule has 0 unspecified atom stereocenters. The van der Waals surface area contributed by atoms with E-state index in [0.717, 1.165) is 18.6 Å². The Labute approximate surface area is 128 Å². The summed E-state index contributed by atoms with van der Waals surface area (Å²) >= 11 is 0. The molecule has 0 heterocycles. The lowest BCUT2D eigenvalue weighted by molar-refractivity contribution is -0.143. The Hall–Kier alpha value is -1.99. The third kappa shape index (κ3) is 6.33. The minimum atomic E-state index is -4.93. The molecule has 1 rings (SSSR count). The number of ether oxygens (including phenoxy) is 1. The van der Waals surface area contributed by atoms with Crippen LogP contribution < -0.4 is 0 Å². The highest BCUT2D eigenvalue weighted by molar-refractivity contribution is 5.87. The standard InChI is InChI=1S/C15H14F6O2/c1-2-3-6-23-13(22)5-4-10-7-11(14(16,17)18)9-12(8-10)15(19,20)21/h4-5,7-9H,2-3,6H2,1H3. The lowest BCUT2D eigenvalue weighted by Gasteiger charge is -2.12. The summed E-state index contributed by atoms with van der Waals surface area (Å²) in [6, 6.07) is 1.09. The van der Waals surface area contributed by atoms with Gasteiger partial charge in [-0.15, -0.1) is 0 Å². The molecule has 8 heteroatoms. The highest BCUT2D eigenvalue weighted by Crippen LogP contribution is 2.36. The van der Waals surface area contributed by atoms with Crippen LogP contribution in [-0.2, 0) is 21.9 Å². The molecule has 0 aromatic heterocycles. The molecule has 0 fully saturated rings. The van der Waals surface area contributed by atoms with Gasteiger partial charge in [0.1, 0.15) is 0 Å². The van der Waals surface area contributed by atoms with Crippen LogP contribution >= 0.6 is 0 Å². The Morgan fingerprint density at radius 3 is 2.00 bits per heavy atom. The van der Waals surface area contributed by atoms with Crippen molar-refractivity contribution in [3.8, 4) is 0 Å². The molecule has 0 N–H and O–H groups in total. The molecule has 128 valence electrons. The molecule has 0 aliphatic rings. The van der Waals surface area contributed by atoms with E-state index in [-0.39, 0.29) is 18.2 Å². The van der Waals surface area contributed by atoms with Gasteiger partial charge in [0.25, 0.3) is 0 Å². The van der Waals surface area contributed by atoms with Gasteiger partial charge in [0, 0.05) is 6.08 Å². The number of hydrogen-bond acceptors (Lipinski definition) is 2. The van der Waals surface area contributed by atoms with Crippen LogP contribution in [0.2, 0.25) is 0 Å². The SMILES string of the molecule is CCCCOC(=O)C=Cc1cc(C(F)(F)F)cc(C(F)(F)F)c1. The zero-order valence-electron chi connectivity index (χ0n) is 12.1. The van der Waals surface area contributed by atoms with Crippen molar-refractivity contribution in [1.82, 2.24) is 0 Å². The molecule has 0 saturated heterocycles. The van der Waals surface area contributed by atoms with Crippen molar-refractivity contribution >= 4 is 12.0 Å². The van der Waals surface area contributed by atoms with Gasteiger partial charge in [0.05, 0.1) is 17.7 Å². The summed E-state index contributed by atoms with van der Waals surface area (Å²) < 4.78 is 80.7. The van der Waals surface area contributed by atoms with E-state index in [9.17, 15) is 31.1 Å². The van der Waals surface area contributed by atoms with Crippen LogP contribution in [0.5, 0.6) is 0 Å². The number of rotatable bonds is 5. The predicted octanol–water partition coefficient (Wildman–Crippen LogP) is 5.08. The molecule has 0 radical (unpaired) electrons. The Morgan fingerprint density at radius 1 is 1.04 bits per heavy atom. The van der Waals surface area contributed by atoms with Crippen molar-refractivity contribution in [3.63, 3.8) is 0 Å². The second-order valence-electron chi connectivity index (χ2n) is 4.69. The first-order valence-corrected chi connectivity index (χ1v) is 6.68. The summed E-state index contributed by atoms with van der Waals surface area (Å²) in [6.45, 7) is 2.00. The summed E-state index contributed by atoms with van der Waals surface area (Å²) in [5, 5.41) is 0. The van der Waals surface area contributed by atoms with Crippen LogP contribution in [0.15, 0.2) is 24.3 Å². The maximum atomic E-state index is 12.7.